The lowest BCUT2D eigenvalue weighted by Crippen LogP contribution is -2.23. The highest BCUT2D eigenvalue weighted by atomic mass is 32.2. The Kier molecular flexibility index (Phi) is 10.3. The van der Waals surface area contributed by atoms with E-state index in [2.05, 4.69) is 9.97 Å². The number of hydrogen-bond acceptors (Lipinski definition) is 8. The molecule has 0 bridgehead atoms. The Balaban J connectivity index is 1.46. The van der Waals surface area contributed by atoms with Gasteiger partial charge in [0.05, 0.1) is 10.5 Å². The number of sulfone groups is 1. The summed E-state index contributed by atoms with van der Waals surface area (Å²) in [5, 5.41) is 8.90. The Morgan fingerprint density at radius 3 is 2.25 bits per heavy atom. The van der Waals surface area contributed by atoms with E-state index in [-0.39, 0.29) is 34.7 Å². The van der Waals surface area contributed by atoms with Gasteiger partial charge in [-0.1, -0.05) is 24.6 Å². The molecule has 0 saturated carbocycles. The van der Waals surface area contributed by atoms with Crippen LogP contribution in [0, 0.1) is 5.82 Å². The van der Waals surface area contributed by atoms with Crippen LogP contribution < -0.4 is 4.74 Å². The monoisotopic (exact) mass is 572 g/mol. The van der Waals surface area contributed by atoms with Crippen molar-refractivity contribution in [1.82, 2.24) is 9.97 Å². The number of aromatic carboxylic acids is 1. The molecule has 9 nitrogen and oxygen atoms in total. The van der Waals surface area contributed by atoms with Crippen LogP contribution in [-0.2, 0) is 38.1 Å². The summed E-state index contributed by atoms with van der Waals surface area (Å²) in [6.07, 6.45) is 5.23. The van der Waals surface area contributed by atoms with Crippen molar-refractivity contribution in [3.05, 3.63) is 83.2 Å². The maximum Gasteiger partial charge on any atom is 0.338 e. The zero-order valence-electron chi connectivity index (χ0n) is 22.7. The Labute approximate surface area is 233 Å². The topological polar surface area (TPSA) is 133 Å². The Hall–Kier alpha value is -3.86. The zero-order chi connectivity index (χ0) is 29.3. The van der Waals surface area contributed by atoms with Gasteiger partial charge in [-0.15, -0.1) is 0 Å². The second-order valence-electron chi connectivity index (χ2n) is 10.3. The molecule has 1 N–H and O–H groups in total. The van der Waals surface area contributed by atoms with Gasteiger partial charge >= 0.3 is 11.9 Å². The molecule has 0 fully saturated rings. The Morgan fingerprint density at radius 1 is 0.975 bits per heavy atom. The highest BCUT2D eigenvalue weighted by Gasteiger charge is 2.18. The van der Waals surface area contributed by atoms with E-state index in [1.807, 2.05) is 20.8 Å². The summed E-state index contributed by atoms with van der Waals surface area (Å²) < 4.78 is 50.9. The third-order valence-electron chi connectivity index (χ3n) is 5.73. The number of carboxylic acids is 1. The van der Waals surface area contributed by atoms with Gasteiger partial charge in [0.15, 0.2) is 9.84 Å². The van der Waals surface area contributed by atoms with Crippen molar-refractivity contribution in [3.63, 3.8) is 0 Å². The molecule has 11 heteroatoms. The van der Waals surface area contributed by atoms with Crippen LogP contribution in [0.3, 0.4) is 0 Å². The minimum atomic E-state index is -3.75. The van der Waals surface area contributed by atoms with E-state index in [0.29, 0.717) is 36.1 Å². The summed E-state index contributed by atoms with van der Waals surface area (Å²) in [5.41, 5.74) is 0.633. The van der Waals surface area contributed by atoms with Gasteiger partial charge in [0, 0.05) is 24.9 Å². The average molecular weight is 573 g/mol. The zero-order valence-corrected chi connectivity index (χ0v) is 23.5. The first-order chi connectivity index (χ1) is 18.8. The number of rotatable bonds is 13. The summed E-state index contributed by atoms with van der Waals surface area (Å²) in [7, 11) is -3.75. The predicted octanol–water partition coefficient (Wildman–Crippen LogP) is 5.31. The SMILES string of the molecule is CC(C)(C)OC(=O)CCCCCc1ccc(OCc2ccc(S(=O)(=O)Cc3ncc(C(=O)O)cn3)cc2)cc1F. The van der Waals surface area contributed by atoms with Gasteiger partial charge in [0.1, 0.15) is 35.4 Å². The molecule has 0 unspecified atom stereocenters. The number of esters is 1. The van der Waals surface area contributed by atoms with Crippen LogP contribution in [-0.4, -0.2) is 41.0 Å². The van der Waals surface area contributed by atoms with Crippen LogP contribution >= 0.6 is 0 Å². The number of carbonyl (C=O) groups is 2. The summed E-state index contributed by atoms with van der Waals surface area (Å²) in [6, 6.07) is 10.8. The van der Waals surface area contributed by atoms with E-state index < -0.39 is 27.2 Å². The molecule has 0 amide bonds. The summed E-state index contributed by atoms with van der Waals surface area (Å²) in [6.45, 7) is 5.60. The standard InChI is InChI=1S/C29H33FN2O7S/c1-29(2,3)39-27(33)8-6-4-5-7-21-11-12-23(15-25(21)30)38-18-20-9-13-24(14-10-20)40(36,37)19-26-31-16-22(17-32-26)28(34)35/h9-17H,4-8,18-19H2,1-3H3,(H,34,35). The highest BCUT2D eigenvalue weighted by Crippen LogP contribution is 2.21. The van der Waals surface area contributed by atoms with E-state index in [1.54, 1.807) is 24.3 Å². The average Bonchev–Trinajstić information content (AvgIpc) is 2.87. The first-order valence-corrected chi connectivity index (χ1v) is 14.5. The second-order valence-corrected chi connectivity index (χ2v) is 12.3. The molecule has 0 aliphatic carbocycles. The van der Waals surface area contributed by atoms with Crippen molar-refractivity contribution in [1.29, 1.82) is 0 Å². The number of aryl methyl sites for hydroxylation is 1. The maximum absolute atomic E-state index is 14.6. The molecule has 0 spiro atoms. The van der Waals surface area contributed by atoms with Crippen molar-refractivity contribution in [3.8, 4) is 5.75 Å². The third-order valence-corrected chi connectivity index (χ3v) is 7.36. The van der Waals surface area contributed by atoms with Crippen molar-refractivity contribution in [2.45, 2.75) is 75.7 Å². The number of aromatic nitrogens is 2. The molecule has 0 radical (unpaired) electrons. The number of benzene rings is 2. The first kappa shape index (κ1) is 30.7. The second kappa shape index (κ2) is 13.5. The summed E-state index contributed by atoms with van der Waals surface area (Å²) >= 11 is 0. The van der Waals surface area contributed by atoms with Crippen molar-refractivity contribution in [2.24, 2.45) is 0 Å². The normalized spacial score (nSPS) is 11.7. The lowest BCUT2D eigenvalue weighted by molar-refractivity contribution is -0.154. The van der Waals surface area contributed by atoms with E-state index >= 15 is 0 Å². The van der Waals surface area contributed by atoms with E-state index in [9.17, 15) is 22.4 Å². The van der Waals surface area contributed by atoms with Crippen LogP contribution in [0.1, 0.15) is 73.8 Å². The van der Waals surface area contributed by atoms with Gasteiger partial charge in [-0.05, 0) is 69.4 Å². The molecular weight excluding hydrogens is 539 g/mol. The number of unbranched alkanes of at least 4 members (excludes halogenated alkanes) is 2. The van der Waals surface area contributed by atoms with Crippen LogP contribution in [0.25, 0.3) is 0 Å². The fourth-order valence-electron chi connectivity index (χ4n) is 3.73. The van der Waals surface area contributed by atoms with Crippen LogP contribution in [0.2, 0.25) is 0 Å². The molecular formula is C29H33FN2O7S. The molecule has 2 aromatic carbocycles. The number of nitrogens with zero attached hydrogens (tertiary/aromatic N) is 2. The molecule has 0 atom stereocenters. The fraction of sp³-hybridized carbons (Fsp3) is 0.379. The molecule has 40 heavy (non-hydrogen) atoms. The molecule has 3 rings (SSSR count). The molecule has 0 saturated heterocycles. The Morgan fingerprint density at radius 2 is 1.65 bits per heavy atom. The van der Waals surface area contributed by atoms with Crippen LogP contribution in [0.15, 0.2) is 59.8 Å². The lowest BCUT2D eigenvalue weighted by Gasteiger charge is -2.19. The van der Waals surface area contributed by atoms with E-state index in [1.165, 1.54) is 18.2 Å². The maximum atomic E-state index is 14.6. The quantitative estimate of drug-likeness (QED) is 0.214. The number of hydrogen-bond donors (Lipinski definition) is 1. The molecule has 1 aromatic heterocycles. The van der Waals surface area contributed by atoms with Gasteiger partial charge in [-0.3, -0.25) is 4.79 Å². The van der Waals surface area contributed by atoms with Crippen LogP contribution in [0.5, 0.6) is 5.75 Å². The lowest BCUT2D eigenvalue weighted by atomic mass is 10.1. The van der Waals surface area contributed by atoms with Crippen molar-refractivity contribution in [2.75, 3.05) is 0 Å². The number of carboxylic acid groups (broad SMARTS) is 1. The molecule has 0 aliphatic rings. The van der Waals surface area contributed by atoms with Gasteiger partial charge in [-0.25, -0.2) is 27.6 Å². The van der Waals surface area contributed by atoms with Gasteiger partial charge in [0.25, 0.3) is 0 Å². The first-order valence-electron chi connectivity index (χ1n) is 12.8. The van der Waals surface area contributed by atoms with Crippen LogP contribution in [0.4, 0.5) is 4.39 Å². The third kappa shape index (κ3) is 9.71. The van der Waals surface area contributed by atoms with E-state index in [0.717, 1.165) is 25.2 Å². The van der Waals surface area contributed by atoms with Crippen molar-refractivity contribution >= 4 is 21.8 Å². The molecule has 0 aliphatic heterocycles. The highest BCUT2D eigenvalue weighted by molar-refractivity contribution is 7.90. The molecule has 214 valence electrons. The van der Waals surface area contributed by atoms with Crippen molar-refractivity contribution < 1.29 is 37.0 Å². The molecule has 3 aromatic rings. The van der Waals surface area contributed by atoms with Gasteiger partial charge < -0.3 is 14.6 Å². The summed E-state index contributed by atoms with van der Waals surface area (Å²) in [4.78, 5) is 30.3. The Bertz CT molecular complexity index is 1420. The van der Waals surface area contributed by atoms with Gasteiger partial charge in [0.2, 0.25) is 0 Å². The fourth-order valence-corrected chi connectivity index (χ4v) is 4.93. The van der Waals surface area contributed by atoms with E-state index in [4.69, 9.17) is 14.6 Å². The largest absolute Gasteiger partial charge is 0.489 e. The van der Waals surface area contributed by atoms with Gasteiger partial charge in [-0.2, -0.15) is 0 Å². The predicted molar refractivity (Wildman–Crippen MR) is 145 cm³/mol. The number of ether oxygens (including phenoxy) is 2. The number of carbonyl (C=O) groups excluding carboxylic acids is 1. The minimum absolute atomic E-state index is 0.0105. The minimum Gasteiger partial charge on any atom is -0.489 e. The summed E-state index contributed by atoms with van der Waals surface area (Å²) in [5.74, 6) is -1.93. The smallest absolute Gasteiger partial charge is 0.338 e. The number of halogens is 1. The molecule has 1 heterocycles.